The smallest absolute Gasteiger partial charge is 0.155 e. The Morgan fingerprint density at radius 1 is 0.957 bits per heavy atom. The Balaban J connectivity index is 2.01. The quantitative estimate of drug-likeness (QED) is 0.415. The van der Waals surface area contributed by atoms with Crippen LogP contribution in [0.25, 0.3) is 33.2 Å². The normalized spacial score (nSPS) is 12.1. The lowest BCUT2D eigenvalue weighted by Gasteiger charge is -2.06. The summed E-state index contributed by atoms with van der Waals surface area (Å²) in [6.45, 7) is 0. The lowest BCUT2D eigenvalue weighted by molar-refractivity contribution is 0.302. The van der Waals surface area contributed by atoms with Crippen LogP contribution in [-0.2, 0) is 0 Å². The summed E-state index contributed by atoms with van der Waals surface area (Å²) >= 11 is 0. The number of phenols is 1. The Morgan fingerprint density at radius 3 is 2.70 bits per heavy atom. The van der Waals surface area contributed by atoms with Gasteiger partial charge in [0.05, 0.1) is 0 Å². The molecule has 0 saturated heterocycles. The molecule has 4 rings (SSSR count). The minimum absolute atomic E-state index is 0.180. The highest BCUT2D eigenvalue weighted by atomic mass is 16.4. The molecule has 2 aromatic carbocycles. The number of hydrogen-bond acceptors (Lipinski definition) is 5. The monoisotopic (exact) mass is 304 g/mol. The molecule has 0 aliphatic heterocycles. The summed E-state index contributed by atoms with van der Waals surface area (Å²) in [5, 5.41) is 25.2. The summed E-state index contributed by atoms with van der Waals surface area (Å²) in [6.07, 6.45) is 1.67. The van der Waals surface area contributed by atoms with Gasteiger partial charge in [0, 0.05) is 28.4 Å². The second-order valence-corrected chi connectivity index (χ2v) is 5.16. The van der Waals surface area contributed by atoms with E-state index >= 15 is 0 Å². The van der Waals surface area contributed by atoms with Crippen LogP contribution < -0.4 is 5.36 Å². The molecule has 0 aliphatic rings. The standard InChI is InChI=1S/C18H12N2O3/c21-16-6-3-4-11-10-19-15(8-13(11)16)18-9-14(20-22)12-5-1-2-7-17(12)23-18/h1-10,21-22H. The van der Waals surface area contributed by atoms with Gasteiger partial charge in [0.2, 0.25) is 0 Å². The summed E-state index contributed by atoms with van der Waals surface area (Å²) in [5.74, 6) is 0.640. The van der Waals surface area contributed by atoms with E-state index in [0.29, 0.717) is 33.2 Å². The largest absolute Gasteiger partial charge is 0.507 e. The van der Waals surface area contributed by atoms with Crippen LogP contribution in [0.3, 0.4) is 0 Å². The maximum Gasteiger partial charge on any atom is 0.155 e. The number of benzene rings is 2. The molecule has 2 N–H and O–H groups in total. The van der Waals surface area contributed by atoms with Gasteiger partial charge in [-0.25, -0.2) is 0 Å². The number of phenolic OH excluding ortho intramolecular Hbond substituents is 1. The van der Waals surface area contributed by atoms with Crippen molar-refractivity contribution in [3.8, 4) is 17.2 Å². The van der Waals surface area contributed by atoms with E-state index in [9.17, 15) is 10.3 Å². The Kier molecular flexibility index (Phi) is 2.98. The Labute approximate surface area is 130 Å². The molecule has 112 valence electrons. The van der Waals surface area contributed by atoms with Gasteiger partial charge in [-0.2, -0.15) is 0 Å². The van der Waals surface area contributed by atoms with Crippen LogP contribution >= 0.6 is 0 Å². The van der Waals surface area contributed by atoms with E-state index in [1.807, 2.05) is 24.3 Å². The van der Waals surface area contributed by atoms with Crippen molar-refractivity contribution in [2.75, 3.05) is 0 Å². The summed E-state index contributed by atoms with van der Waals surface area (Å²) in [7, 11) is 0. The highest BCUT2D eigenvalue weighted by Gasteiger charge is 2.09. The lowest BCUT2D eigenvalue weighted by Crippen LogP contribution is -2.03. The molecule has 0 bridgehead atoms. The number of pyridine rings is 1. The lowest BCUT2D eigenvalue weighted by atomic mass is 10.1. The highest BCUT2D eigenvalue weighted by Crippen LogP contribution is 2.28. The van der Waals surface area contributed by atoms with Crippen LogP contribution in [0.5, 0.6) is 5.75 Å². The fourth-order valence-corrected chi connectivity index (χ4v) is 2.61. The Hall–Kier alpha value is -3.34. The minimum Gasteiger partial charge on any atom is -0.507 e. The van der Waals surface area contributed by atoms with E-state index < -0.39 is 0 Å². The second kappa shape index (κ2) is 5.14. The summed E-state index contributed by atoms with van der Waals surface area (Å²) in [4.78, 5) is 4.37. The molecule has 0 unspecified atom stereocenters. The first-order chi connectivity index (χ1) is 11.3. The van der Waals surface area contributed by atoms with Gasteiger partial charge in [-0.1, -0.05) is 29.4 Å². The number of hydrogen-bond donors (Lipinski definition) is 2. The van der Waals surface area contributed by atoms with Gasteiger partial charge in [0.15, 0.2) is 5.76 Å². The van der Waals surface area contributed by atoms with E-state index in [1.54, 1.807) is 36.5 Å². The summed E-state index contributed by atoms with van der Waals surface area (Å²) in [5.41, 5.74) is 1.15. The molecule has 0 radical (unpaired) electrons. The molecule has 4 aromatic rings. The minimum atomic E-state index is 0.180. The molecule has 23 heavy (non-hydrogen) atoms. The average molecular weight is 304 g/mol. The molecule has 5 nitrogen and oxygen atoms in total. The van der Waals surface area contributed by atoms with Crippen LogP contribution in [0.15, 0.2) is 70.4 Å². The SMILES string of the molecule is ON=c1cc(-c2cc3c(O)cccc3cn2)oc2ccccc12. The van der Waals surface area contributed by atoms with Gasteiger partial charge < -0.3 is 14.7 Å². The van der Waals surface area contributed by atoms with Crippen molar-refractivity contribution in [3.05, 3.63) is 66.2 Å². The van der Waals surface area contributed by atoms with E-state index in [1.165, 1.54) is 0 Å². The predicted molar refractivity (Wildman–Crippen MR) is 86.0 cm³/mol. The first-order valence-electron chi connectivity index (χ1n) is 7.05. The number of fused-ring (bicyclic) bond motifs is 2. The molecule has 0 spiro atoms. The van der Waals surface area contributed by atoms with Crippen molar-refractivity contribution in [1.29, 1.82) is 0 Å². The molecule has 0 aliphatic carbocycles. The highest BCUT2D eigenvalue weighted by molar-refractivity contribution is 5.90. The Bertz CT molecular complexity index is 1100. The molecule has 0 saturated carbocycles. The zero-order valence-electron chi connectivity index (χ0n) is 12.0. The van der Waals surface area contributed by atoms with Crippen LogP contribution in [0, 0.1) is 0 Å². The van der Waals surface area contributed by atoms with Crippen molar-refractivity contribution in [2.24, 2.45) is 5.16 Å². The zero-order valence-corrected chi connectivity index (χ0v) is 12.0. The maximum absolute atomic E-state index is 10.00. The first kappa shape index (κ1) is 13.3. The molecule has 2 aromatic heterocycles. The maximum atomic E-state index is 10.00. The molecule has 5 heteroatoms. The van der Waals surface area contributed by atoms with Crippen molar-refractivity contribution in [3.63, 3.8) is 0 Å². The van der Waals surface area contributed by atoms with E-state index in [2.05, 4.69) is 10.1 Å². The van der Waals surface area contributed by atoms with E-state index in [0.717, 1.165) is 5.39 Å². The molecule has 0 fully saturated rings. The zero-order chi connectivity index (χ0) is 15.8. The van der Waals surface area contributed by atoms with Gasteiger partial charge in [-0.05, 0) is 24.3 Å². The van der Waals surface area contributed by atoms with Gasteiger partial charge >= 0.3 is 0 Å². The number of aromatic hydroxyl groups is 1. The fourth-order valence-electron chi connectivity index (χ4n) is 2.61. The van der Waals surface area contributed by atoms with Crippen LogP contribution in [-0.4, -0.2) is 15.3 Å². The van der Waals surface area contributed by atoms with Gasteiger partial charge in [0.1, 0.15) is 22.4 Å². The number of aromatic nitrogens is 1. The number of rotatable bonds is 1. The van der Waals surface area contributed by atoms with Crippen LogP contribution in [0.1, 0.15) is 0 Å². The van der Waals surface area contributed by atoms with Gasteiger partial charge in [0.25, 0.3) is 0 Å². The summed E-state index contributed by atoms with van der Waals surface area (Å²) < 4.78 is 5.86. The first-order valence-corrected chi connectivity index (χ1v) is 7.05. The summed E-state index contributed by atoms with van der Waals surface area (Å²) in [6, 6.07) is 15.9. The van der Waals surface area contributed by atoms with Gasteiger partial charge in [-0.15, -0.1) is 0 Å². The third kappa shape index (κ3) is 2.19. The topological polar surface area (TPSA) is 78.9 Å². The third-order valence-electron chi connectivity index (χ3n) is 3.75. The molecule has 0 amide bonds. The van der Waals surface area contributed by atoms with Crippen molar-refractivity contribution >= 4 is 21.7 Å². The molecular formula is C18H12N2O3. The number of para-hydroxylation sites is 1. The van der Waals surface area contributed by atoms with Crippen molar-refractivity contribution < 1.29 is 14.7 Å². The second-order valence-electron chi connectivity index (χ2n) is 5.16. The third-order valence-corrected chi connectivity index (χ3v) is 3.75. The number of nitrogens with zero attached hydrogens (tertiary/aromatic N) is 2. The van der Waals surface area contributed by atoms with E-state index in [4.69, 9.17) is 4.42 Å². The molecule has 2 heterocycles. The van der Waals surface area contributed by atoms with Crippen LogP contribution in [0.2, 0.25) is 0 Å². The predicted octanol–water partition coefficient (Wildman–Crippen LogP) is 3.64. The molecular weight excluding hydrogens is 292 g/mol. The average Bonchev–Trinajstić information content (AvgIpc) is 2.61. The van der Waals surface area contributed by atoms with Crippen LogP contribution in [0.4, 0.5) is 0 Å². The molecule has 0 atom stereocenters. The van der Waals surface area contributed by atoms with Crippen molar-refractivity contribution in [1.82, 2.24) is 4.98 Å². The van der Waals surface area contributed by atoms with E-state index in [-0.39, 0.29) is 5.75 Å². The Morgan fingerprint density at radius 2 is 1.83 bits per heavy atom. The van der Waals surface area contributed by atoms with Gasteiger partial charge in [-0.3, -0.25) is 4.98 Å². The fraction of sp³-hybridized carbons (Fsp3) is 0. The van der Waals surface area contributed by atoms with Crippen molar-refractivity contribution in [2.45, 2.75) is 0 Å².